The zero-order valence-corrected chi connectivity index (χ0v) is 13.8. The molecule has 0 aliphatic carbocycles. The molecular weight excluding hydrogens is 298 g/mol. The lowest BCUT2D eigenvalue weighted by Crippen LogP contribution is -2.49. The summed E-state index contributed by atoms with van der Waals surface area (Å²) < 4.78 is 10.4. The van der Waals surface area contributed by atoms with Crippen LogP contribution in [-0.4, -0.2) is 37.6 Å². The number of carbonyl (C=O) groups is 2. The van der Waals surface area contributed by atoms with Crippen LogP contribution in [0.25, 0.3) is 0 Å². The quantitative estimate of drug-likeness (QED) is 0.621. The summed E-state index contributed by atoms with van der Waals surface area (Å²) in [6.45, 7) is 4.11. The first-order chi connectivity index (χ1) is 10.8. The van der Waals surface area contributed by atoms with Crippen molar-refractivity contribution < 1.29 is 19.1 Å². The largest absolute Gasteiger partial charge is 0.493 e. The lowest BCUT2D eigenvalue weighted by molar-refractivity contribution is -0.119. The standard InChI is InChI=1S/C16H25N3O4/c1-4-16(18,5-2)10-19-15(21)11-6-7-12(13(8-11)22-3)23-9-14(17)20/h6-8H,4-5,9-10,18H2,1-3H3,(H2,17,20)(H,19,21). The van der Waals surface area contributed by atoms with E-state index in [2.05, 4.69) is 5.32 Å². The lowest BCUT2D eigenvalue weighted by atomic mass is 9.94. The molecule has 0 heterocycles. The monoisotopic (exact) mass is 323 g/mol. The maximum absolute atomic E-state index is 12.2. The molecule has 23 heavy (non-hydrogen) atoms. The van der Waals surface area contributed by atoms with Crippen LogP contribution < -0.4 is 26.3 Å². The number of hydrogen-bond acceptors (Lipinski definition) is 5. The molecule has 5 N–H and O–H groups in total. The van der Waals surface area contributed by atoms with Crippen LogP contribution in [0.5, 0.6) is 11.5 Å². The fraction of sp³-hybridized carbons (Fsp3) is 0.500. The van der Waals surface area contributed by atoms with Crippen molar-refractivity contribution in [3.63, 3.8) is 0 Å². The van der Waals surface area contributed by atoms with Gasteiger partial charge in [0.25, 0.3) is 11.8 Å². The van der Waals surface area contributed by atoms with Gasteiger partial charge in [0, 0.05) is 17.6 Å². The number of ether oxygens (including phenoxy) is 2. The molecule has 7 nitrogen and oxygen atoms in total. The molecule has 0 spiro atoms. The molecule has 0 bridgehead atoms. The molecule has 1 aromatic rings. The third-order valence-corrected chi connectivity index (χ3v) is 3.81. The van der Waals surface area contributed by atoms with Crippen LogP contribution in [0.2, 0.25) is 0 Å². The zero-order chi connectivity index (χ0) is 17.5. The fourth-order valence-electron chi connectivity index (χ4n) is 1.94. The summed E-state index contributed by atoms with van der Waals surface area (Å²) in [5.74, 6) is -0.143. The van der Waals surface area contributed by atoms with Crippen molar-refractivity contribution in [3.05, 3.63) is 23.8 Å². The van der Waals surface area contributed by atoms with Gasteiger partial charge in [-0.1, -0.05) is 13.8 Å². The molecule has 0 fully saturated rings. The van der Waals surface area contributed by atoms with Crippen molar-refractivity contribution in [2.45, 2.75) is 32.2 Å². The number of methoxy groups -OCH3 is 1. The molecule has 0 aliphatic heterocycles. The predicted molar refractivity (Wildman–Crippen MR) is 87.5 cm³/mol. The average molecular weight is 323 g/mol. The molecule has 1 rings (SSSR count). The van der Waals surface area contributed by atoms with Crippen molar-refractivity contribution in [3.8, 4) is 11.5 Å². The topological polar surface area (TPSA) is 117 Å². The Morgan fingerprint density at radius 3 is 2.39 bits per heavy atom. The van der Waals surface area contributed by atoms with E-state index in [-0.39, 0.29) is 12.5 Å². The van der Waals surface area contributed by atoms with E-state index in [4.69, 9.17) is 20.9 Å². The fourth-order valence-corrected chi connectivity index (χ4v) is 1.94. The summed E-state index contributed by atoms with van der Waals surface area (Å²) in [4.78, 5) is 23.0. The molecule has 0 unspecified atom stereocenters. The van der Waals surface area contributed by atoms with Gasteiger partial charge in [-0.2, -0.15) is 0 Å². The van der Waals surface area contributed by atoms with Gasteiger partial charge in [-0.3, -0.25) is 9.59 Å². The van der Waals surface area contributed by atoms with E-state index >= 15 is 0 Å². The summed E-state index contributed by atoms with van der Waals surface area (Å²) in [5.41, 5.74) is 11.2. The smallest absolute Gasteiger partial charge is 0.255 e. The summed E-state index contributed by atoms with van der Waals surface area (Å²) in [6.07, 6.45) is 1.54. The number of nitrogens with two attached hydrogens (primary N) is 2. The van der Waals surface area contributed by atoms with Gasteiger partial charge < -0.3 is 26.3 Å². The second-order valence-corrected chi connectivity index (χ2v) is 5.37. The number of hydrogen-bond donors (Lipinski definition) is 3. The Labute approximate surface area is 136 Å². The molecule has 128 valence electrons. The molecule has 0 saturated carbocycles. The number of amides is 2. The van der Waals surface area contributed by atoms with Gasteiger partial charge in [0.2, 0.25) is 0 Å². The Kier molecular flexibility index (Phi) is 6.84. The van der Waals surface area contributed by atoms with Crippen molar-refractivity contribution >= 4 is 11.8 Å². The van der Waals surface area contributed by atoms with Gasteiger partial charge in [0.15, 0.2) is 18.1 Å². The Morgan fingerprint density at radius 1 is 1.22 bits per heavy atom. The normalized spacial score (nSPS) is 11.0. The third kappa shape index (κ3) is 5.45. The highest BCUT2D eigenvalue weighted by Gasteiger charge is 2.21. The molecule has 1 aromatic carbocycles. The summed E-state index contributed by atoms with van der Waals surface area (Å²) in [6, 6.07) is 4.69. The van der Waals surface area contributed by atoms with Crippen molar-refractivity contribution in [1.82, 2.24) is 5.32 Å². The molecule has 0 radical (unpaired) electrons. The van der Waals surface area contributed by atoms with Gasteiger partial charge >= 0.3 is 0 Å². The number of carbonyl (C=O) groups excluding carboxylic acids is 2. The van der Waals surface area contributed by atoms with E-state index in [9.17, 15) is 9.59 Å². The number of primary amides is 1. The molecule has 2 amide bonds. The number of nitrogens with one attached hydrogen (secondary N) is 1. The summed E-state index contributed by atoms with van der Waals surface area (Å²) in [5, 5.41) is 2.83. The van der Waals surface area contributed by atoms with E-state index in [1.807, 2.05) is 13.8 Å². The Balaban J connectivity index is 2.80. The second-order valence-electron chi connectivity index (χ2n) is 5.37. The van der Waals surface area contributed by atoms with Gasteiger partial charge in [0.05, 0.1) is 7.11 Å². The number of benzene rings is 1. The van der Waals surface area contributed by atoms with E-state index in [1.54, 1.807) is 18.2 Å². The Bertz CT molecular complexity index is 556. The van der Waals surface area contributed by atoms with Crippen LogP contribution in [-0.2, 0) is 4.79 Å². The van der Waals surface area contributed by atoms with Crippen LogP contribution >= 0.6 is 0 Å². The predicted octanol–water partition coefficient (Wildman–Crippen LogP) is 0.807. The second kappa shape index (κ2) is 8.38. The van der Waals surface area contributed by atoms with Crippen LogP contribution in [0.3, 0.4) is 0 Å². The molecule has 7 heteroatoms. The average Bonchev–Trinajstić information content (AvgIpc) is 2.57. The highest BCUT2D eigenvalue weighted by molar-refractivity contribution is 5.95. The Hall–Kier alpha value is -2.28. The summed E-state index contributed by atoms with van der Waals surface area (Å²) >= 11 is 0. The highest BCUT2D eigenvalue weighted by atomic mass is 16.5. The van der Waals surface area contributed by atoms with Gasteiger partial charge in [-0.05, 0) is 31.0 Å². The Morgan fingerprint density at radius 2 is 1.87 bits per heavy atom. The van der Waals surface area contributed by atoms with Crippen molar-refractivity contribution in [2.24, 2.45) is 11.5 Å². The van der Waals surface area contributed by atoms with Crippen molar-refractivity contribution in [1.29, 1.82) is 0 Å². The van der Waals surface area contributed by atoms with Crippen LogP contribution in [0.15, 0.2) is 18.2 Å². The first-order valence-electron chi connectivity index (χ1n) is 7.51. The lowest BCUT2D eigenvalue weighted by Gasteiger charge is -2.26. The van der Waals surface area contributed by atoms with Crippen LogP contribution in [0, 0.1) is 0 Å². The molecule has 0 aliphatic rings. The SMILES string of the molecule is CCC(N)(CC)CNC(=O)c1ccc(OCC(N)=O)c(OC)c1. The van der Waals surface area contributed by atoms with Gasteiger partial charge in [-0.25, -0.2) is 0 Å². The minimum Gasteiger partial charge on any atom is -0.493 e. The number of rotatable bonds is 9. The van der Waals surface area contributed by atoms with E-state index in [1.165, 1.54) is 7.11 Å². The highest BCUT2D eigenvalue weighted by Crippen LogP contribution is 2.28. The molecule has 0 atom stereocenters. The van der Waals surface area contributed by atoms with Gasteiger partial charge in [0.1, 0.15) is 0 Å². The molecule has 0 aromatic heterocycles. The van der Waals surface area contributed by atoms with E-state index in [0.717, 1.165) is 12.8 Å². The first kappa shape index (κ1) is 18.8. The van der Waals surface area contributed by atoms with Gasteiger partial charge in [-0.15, -0.1) is 0 Å². The first-order valence-corrected chi connectivity index (χ1v) is 7.51. The minimum atomic E-state index is -0.590. The minimum absolute atomic E-state index is 0.249. The zero-order valence-electron chi connectivity index (χ0n) is 13.8. The third-order valence-electron chi connectivity index (χ3n) is 3.81. The molecular formula is C16H25N3O4. The van der Waals surface area contributed by atoms with Crippen LogP contribution in [0.4, 0.5) is 0 Å². The summed E-state index contributed by atoms with van der Waals surface area (Å²) in [7, 11) is 1.45. The maximum Gasteiger partial charge on any atom is 0.255 e. The van der Waals surface area contributed by atoms with E-state index in [0.29, 0.717) is 23.6 Å². The van der Waals surface area contributed by atoms with E-state index < -0.39 is 11.4 Å². The van der Waals surface area contributed by atoms with Crippen LogP contribution in [0.1, 0.15) is 37.0 Å². The maximum atomic E-state index is 12.2. The molecule has 0 saturated heterocycles. The van der Waals surface area contributed by atoms with Crippen molar-refractivity contribution in [2.75, 3.05) is 20.3 Å².